The molecule has 0 bridgehead atoms. The normalized spacial score (nSPS) is 14.7. The van der Waals surface area contributed by atoms with E-state index in [0.717, 1.165) is 25.0 Å². The molecular weight excluding hydrogens is 405 g/mol. The number of sulfonamides is 1. The summed E-state index contributed by atoms with van der Waals surface area (Å²) in [6.07, 6.45) is -3.10. The number of halogens is 4. The van der Waals surface area contributed by atoms with Crippen LogP contribution in [0.4, 0.5) is 18.9 Å². The Morgan fingerprint density at radius 1 is 1.11 bits per heavy atom. The lowest BCUT2D eigenvalue weighted by molar-refractivity contribution is -0.137. The number of alkyl halides is 3. The molecule has 3 rings (SSSR count). The van der Waals surface area contributed by atoms with Gasteiger partial charge in [-0.25, -0.2) is 8.42 Å². The Balaban J connectivity index is 1.93. The summed E-state index contributed by atoms with van der Waals surface area (Å²) in [6, 6.07) is 8.21. The van der Waals surface area contributed by atoms with Crippen molar-refractivity contribution in [2.24, 2.45) is 0 Å². The molecule has 1 aliphatic carbocycles. The molecule has 0 aromatic heterocycles. The van der Waals surface area contributed by atoms with Crippen molar-refractivity contribution < 1.29 is 26.4 Å². The van der Waals surface area contributed by atoms with Crippen LogP contribution in [0.3, 0.4) is 0 Å². The summed E-state index contributed by atoms with van der Waals surface area (Å²) in [5.74, 6) is -0.456. The molecule has 1 amide bonds. The van der Waals surface area contributed by atoms with E-state index >= 15 is 0 Å². The molecule has 5 nitrogen and oxygen atoms in total. The average molecular weight is 419 g/mol. The lowest BCUT2D eigenvalue weighted by atomic mass is 10.1. The number of nitrogens with one attached hydrogen (secondary N) is 2. The number of carbonyl (C=O) groups excluding carboxylic acids is 1. The Hall–Kier alpha value is -2.26. The molecule has 0 heterocycles. The van der Waals surface area contributed by atoms with Gasteiger partial charge in [-0.2, -0.15) is 13.2 Å². The van der Waals surface area contributed by atoms with Gasteiger partial charge in [0, 0.05) is 6.04 Å². The second kappa shape index (κ2) is 7.05. The smallest absolute Gasteiger partial charge is 0.349 e. The largest absolute Gasteiger partial charge is 0.417 e. The predicted octanol–water partition coefficient (Wildman–Crippen LogP) is 4.05. The van der Waals surface area contributed by atoms with Crippen LogP contribution in [0.1, 0.15) is 28.8 Å². The van der Waals surface area contributed by atoms with Crippen LogP contribution >= 0.6 is 11.6 Å². The zero-order valence-corrected chi connectivity index (χ0v) is 15.3. The van der Waals surface area contributed by atoms with Gasteiger partial charge >= 0.3 is 6.18 Å². The maximum absolute atomic E-state index is 13.0. The molecule has 2 aromatic carbocycles. The summed E-state index contributed by atoms with van der Waals surface area (Å²) in [5.41, 5.74) is -1.20. The lowest BCUT2D eigenvalue weighted by Gasteiger charge is -2.14. The first kappa shape index (κ1) is 19.5. The van der Waals surface area contributed by atoms with Gasteiger partial charge in [0.05, 0.1) is 26.7 Å². The first-order chi connectivity index (χ1) is 12.6. The maximum Gasteiger partial charge on any atom is 0.417 e. The van der Waals surface area contributed by atoms with Crippen LogP contribution in [-0.2, 0) is 16.2 Å². The van der Waals surface area contributed by atoms with Gasteiger partial charge in [0.15, 0.2) is 0 Å². The van der Waals surface area contributed by atoms with Gasteiger partial charge in [-0.1, -0.05) is 23.7 Å². The summed E-state index contributed by atoms with van der Waals surface area (Å²) < 4.78 is 66.2. The van der Waals surface area contributed by atoms with Crippen molar-refractivity contribution in [3.8, 4) is 0 Å². The second-order valence-corrected chi connectivity index (χ2v) is 8.13. The van der Waals surface area contributed by atoms with E-state index in [0.29, 0.717) is 6.07 Å². The van der Waals surface area contributed by atoms with E-state index in [4.69, 9.17) is 11.6 Å². The van der Waals surface area contributed by atoms with E-state index in [1.54, 1.807) is 6.07 Å². The molecule has 1 aliphatic rings. The van der Waals surface area contributed by atoms with Crippen LogP contribution in [0, 0.1) is 0 Å². The fourth-order valence-electron chi connectivity index (χ4n) is 2.35. The van der Waals surface area contributed by atoms with Gasteiger partial charge in [0.25, 0.3) is 15.9 Å². The fraction of sp³-hybridized carbons (Fsp3) is 0.235. The van der Waals surface area contributed by atoms with Crippen LogP contribution in [0.15, 0.2) is 47.4 Å². The molecule has 27 heavy (non-hydrogen) atoms. The van der Waals surface area contributed by atoms with Crippen LogP contribution in [0.25, 0.3) is 0 Å². The molecule has 10 heteroatoms. The molecule has 2 N–H and O–H groups in total. The van der Waals surface area contributed by atoms with Crippen molar-refractivity contribution in [3.05, 3.63) is 58.6 Å². The number of benzene rings is 2. The van der Waals surface area contributed by atoms with Crippen molar-refractivity contribution in [2.75, 3.05) is 4.72 Å². The van der Waals surface area contributed by atoms with Crippen LogP contribution in [0.2, 0.25) is 5.02 Å². The first-order valence-corrected chi connectivity index (χ1v) is 9.73. The molecule has 0 radical (unpaired) electrons. The zero-order valence-electron chi connectivity index (χ0n) is 13.7. The highest BCUT2D eigenvalue weighted by Crippen LogP contribution is 2.36. The number of hydrogen-bond acceptors (Lipinski definition) is 3. The van der Waals surface area contributed by atoms with E-state index in [1.165, 1.54) is 18.2 Å². The number of para-hydroxylation sites is 1. The first-order valence-electron chi connectivity index (χ1n) is 7.87. The SMILES string of the molecule is O=C(NC1CC1)c1ccccc1NS(=O)(=O)c1ccc(Cl)c(C(F)(F)F)c1. The van der Waals surface area contributed by atoms with E-state index in [1.807, 2.05) is 0 Å². The van der Waals surface area contributed by atoms with Gasteiger partial charge in [0.1, 0.15) is 0 Å². The van der Waals surface area contributed by atoms with Crippen LogP contribution in [-0.4, -0.2) is 20.4 Å². The third kappa shape index (κ3) is 4.54. The third-order valence-corrected chi connectivity index (χ3v) is 5.57. The fourth-order valence-corrected chi connectivity index (χ4v) is 3.68. The Labute approximate surface area is 158 Å². The second-order valence-electron chi connectivity index (χ2n) is 6.04. The van der Waals surface area contributed by atoms with E-state index < -0.39 is 37.6 Å². The van der Waals surface area contributed by atoms with Gasteiger partial charge in [0.2, 0.25) is 0 Å². The minimum absolute atomic E-state index is 0.0286. The molecular formula is C17H14ClF3N2O3S. The maximum atomic E-state index is 13.0. The highest BCUT2D eigenvalue weighted by atomic mass is 35.5. The minimum Gasteiger partial charge on any atom is -0.349 e. The standard InChI is InChI=1S/C17H14ClF3N2O3S/c18-14-8-7-11(9-13(14)17(19,20)21)27(25,26)23-15-4-2-1-3-12(15)16(24)22-10-5-6-10/h1-4,7-10,23H,5-6H2,(H,22,24). The van der Waals surface area contributed by atoms with Crippen LogP contribution < -0.4 is 10.0 Å². The number of amides is 1. The molecule has 144 valence electrons. The molecule has 2 aromatic rings. The lowest BCUT2D eigenvalue weighted by Crippen LogP contribution is -2.27. The Kier molecular flexibility index (Phi) is 5.09. The van der Waals surface area contributed by atoms with Crippen molar-refractivity contribution >= 4 is 33.2 Å². The molecule has 0 aliphatic heterocycles. The molecule has 1 saturated carbocycles. The Morgan fingerprint density at radius 2 is 1.78 bits per heavy atom. The van der Waals surface area contributed by atoms with Gasteiger partial charge < -0.3 is 5.32 Å². The highest BCUT2D eigenvalue weighted by molar-refractivity contribution is 7.92. The summed E-state index contributed by atoms with van der Waals surface area (Å²) in [5, 5.41) is 2.13. The summed E-state index contributed by atoms with van der Waals surface area (Å²) >= 11 is 5.52. The summed E-state index contributed by atoms with van der Waals surface area (Å²) in [6.45, 7) is 0. The Bertz CT molecular complexity index is 989. The van der Waals surface area contributed by atoms with E-state index in [-0.39, 0.29) is 17.3 Å². The summed E-state index contributed by atoms with van der Waals surface area (Å²) in [4.78, 5) is 11.6. The van der Waals surface area contributed by atoms with Crippen molar-refractivity contribution in [1.82, 2.24) is 5.32 Å². The number of hydrogen-bond donors (Lipinski definition) is 2. The highest BCUT2D eigenvalue weighted by Gasteiger charge is 2.34. The van der Waals surface area contributed by atoms with Crippen LogP contribution in [0.5, 0.6) is 0 Å². The average Bonchev–Trinajstić information content (AvgIpc) is 3.38. The van der Waals surface area contributed by atoms with Crippen molar-refractivity contribution in [2.45, 2.75) is 30.0 Å². The topological polar surface area (TPSA) is 75.3 Å². The zero-order chi connectivity index (χ0) is 19.8. The number of rotatable bonds is 5. The Morgan fingerprint density at radius 3 is 2.41 bits per heavy atom. The molecule has 0 unspecified atom stereocenters. The molecule has 0 saturated heterocycles. The molecule has 0 atom stereocenters. The van der Waals surface area contributed by atoms with E-state index in [9.17, 15) is 26.4 Å². The third-order valence-electron chi connectivity index (χ3n) is 3.88. The molecule has 0 spiro atoms. The van der Waals surface area contributed by atoms with Gasteiger partial charge in [-0.05, 0) is 43.2 Å². The van der Waals surface area contributed by atoms with Crippen molar-refractivity contribution in [3.63, 3.8) is 0 Å². The number of carbonyl (C=O) groups is 1. The predicted molar refractivity (Wildman–Crippen MR) is 94.2 cm³/mol. The van der Waals surface area contributed by atoms with Gasteiger partial charge in [-0.15, -0.1) is 0 Å². The number of anilines is 1. The molecule has 1 fully saturated rings. The monoisotopic (exact) mass is 418 g/mol. The summed E-state index contributed by atoms with van der Waals surface area (Å²) in [7, 11) is -4.37. The quantitative estimate of drug-likeness (QED) is 0.769. The van der Waals surface area contributed by atoms with Gasteiger partial charge in [-0.3, -0.25) is 9.52 Å². The van der Waals surface area contributed by atoms with Crippen molar-refractivity contribution in [1.29, 1.82) is 0 Å². The van der Waals surface area contributed by atoms with E-state index in [2.05, 4.69) is 10.0 Å². The minimum atomic E-state index is -4.80.